The van der Waals surface area contributed by atoms with E-state index in [0.717, 1.165) is 11.1 Å². The van der Waals surface area contributed by atoms with Crippen molar-refractivity contribution in [1.29, 1.82) is 0 Å². The number of furan rings is 1. The van der Waals surface area contributed by atoms with E-state index in [2.05, 4.69) is 5.32 Å². The lowest BCUT2D eigenvalue weighted by Crippen LogP contribution is -2.12. The highest BCUT2D eigenvalue weighted by molar-refractivity contribution is 6.31. The fraction of sp³-hybridized carbons (Fsp3) is 0.0769. The van der Waals surface area contributed by atoms with Crippen LogP contribution in [0.2, 0.25) is 10.0 Å². The van der Waals surface area contributed by atoms with Gasteiger partial charge in [0.2, 0.25) is 11.6 Å². The molecule has 0 spiro atoms. The van der Waals surface area contributed by atoms with Gasteiger partial charge in [-0.15, -0.1) is 0 Å². The van der Waals surface area contributed by atoms with Gasteiger partial charge in [-0.25, -0.2) is 4.79 Å². The molecule has 1 amide bonds. The van der Waals surface area contributed by atoms with Crippen LogP contribution < -0.4 is 14.8 Å². The maximum absolute atomic E-state index is 12.9. The number of aromatic carboxylic acids is 1. The van der Waals surface area contributed by atoms with Crippen LogP contribution in [0.25, 0.3) is 0 Å². The summed E-state index contributed by atoms with van der Waals surface area (Å²) in [5.74, 6) is -1.33. The van der Waals surface area contributed by atoms with E-state index in [1.54, 1.807) is 18.2 Å². The number of carbonyl (C=O) groups is 2. The fourth-order valence-electron chi connectivity index (χ4n) is 3.13. The number of amides is 1. The van der Waals surface area contributed by atoms with Crippen molar-refractivity contribution in [2.75, 3.05) is 5.32 Å². The summed E-state index contributed by atoms with van der Waals surface area (Å²) in [7, 11) is 0. The molecule has 0 saturated carbocycles. The van der Waals surface area contributed by atoms with Crippen molar-refractivity contribution in [3.63, 3.8) is 0 Å². The second kappa shape index (κ2) is 11.0. The highest BCUT2D eigenvalue weighted by Crippen LogP contribution is 2.27. The number of carboxylic acid groups (broad SMARTS) is 1. The molecular formula is C26H19Cl2NO6. The molecule has 0 aliphatic rings. The molecule has 3 aromatic carbocycles. The number of carbonyl (C=O) groups excluding carboxylic acids is 1. The van der Waals surface area contributed by atoms with Crippen LogP contribution in [0.1, 0.15) is 32.0 Å². The first kappa shape index (κ1) is 24.2. The number of rotatable bonds is 9. The van der Waals surface area contributed by atoms with Crippen molar-refractivity contribution in [2.45, 2.75) is 13.2 Å². The summed E-state index contributed by atoms with van der Waals surface area (Å²) in [5, 5.41) is 12.7. The summed E-state index contributed by atoms with van der Waals surface area (Å²) in [5.41, 5.74) is 1.77. The Morgan fingerprint density at radius 2 is 1.34 bits per heavy atom. The monoisotopic (exact) mass is 511 g/mol. The van der Waals surface area contributed by atoms with Crippen LogP contribution in [-0.4, -0.2) is 17.0 Å². The predicted molar refractivity (Wildman–Crippen MR) is 132 cm³/mol. The molecule has 4 aromatic rings. The maximum Gasteiger partial charge on any atom is 0.371 e. The molecule has 0 radical (unpaired) electrons. The van der Waals surface area contributed by atoms with Crippen LogP contribution in [0.4, 0.5) is 5.88 Å². The van der Waals surface area contributed by atoms with E-state index in [9.17, 15) is 9.59 Å². The molecule has 178 valence electrons. The lowest BCUT2D eigenvalue weighted by molar-refractivity contribution is 0.0662. The fourth-order valence-corrected chi connectivity index (χ4v) is 3.51. The Morgan fingerprint density at radius 3 is 1.83 bits per heavy atom. The van der Waals surface area contributed by atoms with Crippen LogP contribution in [0.15, 0.2) is 83.3 Å². The van der Waals surface area contributed by atoms with Gasteiger partial charge in [0.05, 0.1) is 0 Å². The molecule has 4 rings (SSSR count). The van der Waals surface area contributed by atoms with Gasteiger partial charge in [-0.05, 0) is 30.3 Å². The predicted octanol–water partition coefficient (Wildman–Crippen LogP) is 6.69. The highest BCUT2D eigenvalue weighted by Gasteiger charge is 2.15. The third-order valence-electron chi connectivity index (χ3n) is 4.90. The van der Waals surface area contributed by atoms with Gasteiger partial charge in [0, 0.05) is 38.9 Å². The van der Waals surface area contributed by atoms with Crippen molar-refractivity contribution in [2.24, 2.45) is 0 Å². The van der Waals surface area contributed by atoms with Gasteiger partial charge in [-0.1, -0.05) is 59.6 Å². The summed E-state index contributed by atoms with van der Waals surface area (Å²) in [6, 6.07) is 21.9. The minimum absolute atomic E-state index is 0.00618. The van der Waals surface area contributed by atoms with E-state index >= 15 is 0 Å². The number of hydrogen-bond acceptors (Lipinski definition) is 5. The molecule has 0 aliphatic heterocycles. The van der Waals surface area contributed by atoms with Gasteiger partial charge in [-0.3, -0.25) is 10.1 Å². The van der Waals surface area contributed by atoms with Crippen molar-refractivity contribution in [3.8, 4) is 11.5 Å². The molecule has 2 N–H and O–H groups in total. The standard InChI is InChI=1S/C26H19Cl2NO6/c27-21-7-3-1-5-16(21)14-33-19-11-18(25(30)29-24-10-9-23(35-24)26(31)32)12-20(13-19)34-15-17-6-2-4-8-22(17)28/h1-13H,14-15H2,(H,29,30)(H,31,32). The van der Waals surface area contributed by atoms with Gasteiger partial charge < -0.3 is 19.0 Å². The topological polar surface area (TPSA) is 98.0 Å². The van der Waals surface area contributed by atoms with Crippen molar-refractivity contribution in [1.82, 2.24) is 0 Å². The van der Waals surface area contributed by atoms with Gasteiger partial charge >= 0.3 is 5.97 Å². The van der Waals surface area contributed by atoms with Crippen LogP contribution in [0.5, 0.6) is 11.5 Å². The molecule has 1 heterocycles. The number of hydrogen-bond donors (Lipinski definition) is 2. The first-order chi connectivity index (χ1) is 16.9. The van der Waals surface area contributed by atoms with Gasteiger partial charge in [0.1, 0.15) is 24.7 Å². The minimum Gasteiger partial charge on any atom is -0.489 e. The summed E-state index contributed by atoms with van der Waals surface area (Å²) >= 11 is 12.4. The molecule has 0 atom stereocenters. The molecule has 9 heteroatoms. The second-order valence-electron chi connectivity index (χ2n) is 7.38. The van der Waals surface area contributed by atoms with Crippen molar-refractivity contribution >= 4 is 41.0 Å². The minimum atomic E-state index is -1.24. The van der Waals surface area contributed by atoms with Crippen LogP contribution in [0.3, 0.4) is 0 Å². The largest absolute Gasteiger partial charge is 0.489 e. The molecule has 0 bridgehead atoms. The molecule has 7 nitrogen and oxygen atoms in total. The zero-order chi connectivity index (χ0) is 24.8. The average Bonchev–Trinajstić information content (AvgIpc) is 3.32. The average molecular weight is 512 g/mol. The molecule has 0 aliphatic carbocycles. The SMILES string of the molecule is O=C(Nc1ccc(C(=O)O)o1)c1cc(OCc2ccccc2Cl)cc(OCc2ccccc2Cl)c1. The summed E-state index contributed by atoms with van der Waals surface area (Å²) < 4.78 is 16.9. The number of ether oxygens (including phenoxy) is 2. The summed E-state index contributed by atoms with van der Waals surface area (Å²) in [4.78, 5) is 23.9. The van der Waals surface area contributed by atoms with Gasteiger partial charge in [-0.2, -0.15) is 0 Å². The Morgan fingerprint density at radius 1 is 0.800 bits per heavy atom. The van der Waals surface area contributed by atoms with E-state index < -0.39 is 11.9 Å². The Labute approximate surface area is 210 Å². The highest BCUT2D eigenvalue weighted by atomic mass is 35.5. The molecule has 35 heavy (non-hydrogen) atoms. The van der Waals surface area contributed by atoms with E-state index in [0.29, 0.717) is 21.5 Å². The number of benzene rings is 3. The Hall–Kier alpha value is -3.94. The normalized spacial score (nSPS) is 10.6. The van der Waals surface area contributed by atoms with E-state index in [1.165, 1.54) is 24.3 Å². The lowest BCUT2D eigenvalue weighted by Gasteiger charge is -2.13. The molecule has 0 saturated heterocycles. The summed E-state index contributed by atoms with van der Waals surface area (Å²) in [6.07, 6.45) is 0. The van der Waals surface area contributed by atoms with E-state index in [4.69, 9.17) is 42.2 Å². The van der Waals surface area contributed by atoms with Crippen LogP contribution in [0, 0.1) is 0 Å². The number of nitrogens with one attached hydrogen (secondary N) is 1. The van der Waals surface area contributed by atoms with Crippen LogP contribution >= 0.6 is 23.2 Å². The molecule has 0 unspecified atom stereocenters. The smallest absolute Gasteiger partial charge is 0.371 e. The summed E-state index contributed by atoms with van der Waals surface area (Å²) in [6.45, 7) is 0.351. The molecule has 1 aromatic heterocycles. The molecular weight excluding hydrogens is 493 g/mol. The van der Waals surface area contributed by atoms with E-state index in [-0.39, 0.29) is 30.4 Å². The quantitative estimate of drug-likeness (QED) is 0.259. The maximum atomic E-state index is 12.9. The van der Waals surface area contributed by atoms with Gasteiger partial charge in [0.15, 0.2) is 0 Å². The first-order valence-electron chi connectivity index (χ1n) is 10.4. The Bertz CT molecular complexity index is 1300. The second-order valence-corrected chi connectivity index (χ2v) is 8.19. The van der Waals surface area contributed by atoms with Crippen molar-refractivity contribution < 1.29 is 28.6 Å². The van der Waals surface area contributed by atoms with Gasteiger partial charge in [0.25, 0.3) is 5.91 Å². The number of halogens is 2. The Balaban J connectivity index is 1.56. The first-order valence-corrected chi connectivity index (χ1v) is 11.2. The lowest BCUT2D eigenvalue weighted by atomic mass is 10.1. The molecule has 0 fully saturated rings. The zero-order valence-corrected chi connectivity index (χ0v) is 19.7. The zero-order valence-electron chi connectivity index (χ0n) is 18.2. The van der Waals surface area contributed by atoms with Crippen molar-refractivity contribution in [3.05, 3.63) is 111 Å². The number of carboxylic acids is 1. The number of anilines is 1. The van der Waals surface area contributed by atoms with E-state index in [1.807, 2.05) is 36.4 Å². The Kier molecular flexibility index (Phi) is 7.60. The van der Waals surface area contributed by atoms with Crippen LogP contribution in [-0.2, 0) is 13.2 Å². The third kappa shape index (κ3) is 6.35. The third-order valence-corrected chi connectivity index (χ3v) is 5.64.